The topological polar surface area (TPSA) is 78.1 Å². The Balaban J connectivity index is 1.06. The number of aromatic amines is 1. The van der Waals surface area contributed by atoms with Crippen LogP contribution in [0.2, 0.25) is 0 Å². The van der Waals surface area contributed by atoms with Crippen LogP contribution in [-0.4, -0.2) is 102 Å². The van der Waals surface area contributed by atoms with Gasteiger partial charge < -0.3 is 29.2 Å². The first-order valence-electron chi connectivity index (χ1n) is 17.4. The molecule has 0 saturated carbocycles. The summed E-state index contributed by atoms with van der Waals surface area (Å²) in [7, 11) is 0. The maximum Gasteiger partial charge on any atom is 0.248 e. The van der Waals surface area contributed by atoms with Crippen LogP contribution in [0.15, 0.2) is 24.3 Å². The highest BCUT2D eigenvalue weighted by atomic mass is 32.1. The number of nitrogens with one attached hydrogen (secondary N) is 1. The number of nitrogens with zero attached hydrogens (tertiary/aromatic N) is 3. The molecule has 46 heavy (non-hydrogen) atoms. The molecule has 2 bridgehead atoms. The van der Waals surface area contributed by atoms with Crippen LogP contribution in [0.5, 0.6) is 0 Å². The predicted octanol–water partition coefficient (Wildman–Crippen LogP) is 5.83. The smallest absolute Gasteiger partial charge is 0.248 e. The van der Waals surface area contributed by atoms with Crippen LogP contribution in [0.25, 0.3) is 21.5 Å². The van der Waals surface area contributed by atoms with Crippen molar-refractivity contribution in [2.24, 2.45) is 0 Å². The molecule has 2 amide bonds. The van der Waals surface area contributed by atoms with Gasteiger partial charge in [0.25, 0.3) is 0 Å². The average molecular weight is 647 g/mol. The van der Waals surface area contributed by atoms with Crippen molar-refractivity contribution in [2.75, 3.05) is 52.5 Å². The van der Waals surface area contributed by atoms with Crippen molar-refractivity contribution in [3.63, 3.8) is 0 Å². The van der Waals surface area contributed by atoms with Gasteiger partial charge in [-0.1, -0.05) is 17.2 Å². The van der Waals surface area contributed by atoms with Gasteiger partial charge in [0, 0.05) is 55.1 Å². The Bertz CT molecular complexity index is 1540. The van der Waals surface area contributed by atoms with Crippen LogP contribution in [0, 0.1) is 13.8 Å². The van der Waals surface area contributed by atoms with Gasteiger partial charge in [-0.3, -0.25) is 9.59 Å². The van der Waals surface area contributed by atoms with Gasteiger partial charge in [0.2, 0.25) is 11.8 Å². The number of H-pyrrole nitrogens is 1. The molecule has 9 heteroatoms. The normalized spacial score (nSPS) is 22.8. The van der Waals surface area contributed by atoms with E-state index < -0.39 is 5.41 Å². The number of piperidine rings is 1. The average Bonchev–Trinajstić information content (AvgIpc) is 3.83. The fraction of sp³-hybridized carbons (Fsp3) is 0.622. The highest BCUT2D eigenvalue weighted by molar-refractivity contribution is 7.19. The number of morpholine rings is 1. The summed E-state index contributed by atoms with van der Waals surface area (Å²) >= 11 is 1.76. The van der Waals surface area contributed by atoms with Gasteiger partial charge >= 0.3 is 0 Å². The van der Waals surface area contributed by atoms with E-state index in [1.54, 1.807) is 11.3 Å². The van der Waals surface area contributed by atoms with Crippen molar-refractivity contribution in [1.29, 1.82) is 0 Å². The van der Waals surface area contributed by atoms with E-state index in [2.05, 4.69) is 66.7 Å². The van der Waals surface area contributed by atoms with Crippen molar-refractivity contribution in [1.82, 2.24) is 19.7 Å². The number of fused-ring (bicyclic) bond motifs is 3. The molecule has 1 N–H and O–H groups in total. The molecule has 2 aromatic heterocycles. The first-order valence-corrected chi connectivity index (χ1v) is 18.2. The molecule has 0 unspecified atom stereocenters. The van der Waals surface area contributed by atoms with Crippen molar-refractivity contribution in [3.8, 4) is 11.3 Å². The number of ether oxygens (including phenoxy) is 2. The number of likely N-dealkylation sites (tertiary alicyclic amines) is 1. The molecule has 0 radical (unpaired) electrons. The molecular weight excluding hydrogens is 596 g/mol. The standard InChI is InChI=1S/C37H50N4O4S/c1-24-19-25(2)21-26(20-24)34-30(11-14-39-12-9-29(10-13-39)45-23-33(42)40-15-17-44-18-16-40)31-22-32(46-35(31)38-34)37(3,4)36(43)41-27-5-6-28(41)8-7-27/h19-22,27-29,38H,5-18,23H2,1-4H3. The zero-order valence-electron chi connectivity index (χ0n) is 28.0. The van der Waals surface area contributed by atoms with Gasteiger partial charge in [-0.15, -0.1) is 11.3 Å². The molecule has 4 aliphatic heterocycles. The zero-order valence-corrected chi connectivity index (χ0v) is 28.8. The number of hydrogen-bond acceptors (Lipinski definition) is 6. The number of carbonyl (C=O) groups excluding carboxylic acids is 2. The number of aromatic nitrogens is 1. The quantitative estimate of drug-likeness (QED) is 0.317. The van der Waals surface area contributed by atoms with Gasteiger partial charge in [0.1, 0.15) is 11.4 Å². The third kappa shape index (κ3) is 6.28. The van der Waals surface area contributed by atoms with E-state index in [0.717, 1.165) is 69.5 Å². The molecule has 8 nitrogen and oxygen atoms in total. The number of rotatable bonds is 9. The maximum absolute atomic E-state index is 14.0. The van der Waals surface area contributed by atoms with Gasteiger partial charge in [0.05, 0.1) is 30.4 Å². The summed E-state index contributed by atoms with van der Waals surface area (Å²) < 4.78 is 11.4. The highest BCUT2D eigenvalue weighted by Crippen LogP contribution is 2.44. The van der Waals surface area contributed by atoms with Crippen LogP contribution in [-0.2, 0) is 30.9 Å². The Morgan fingerprint density at radius 3 is 2.24 bits per heavy atom. The Morgan fingerprint density at radius 2 is 1.59 bits per heavy atom. The lowest BCUT2D eigenvalue weighted by molar-refractivity contribution is -0.143. The van der Waals surface area contributed by atoms with Crippen molar-refractivity contribution in [3.05, 3.63) is 45.8 Å². The third-order valence-electron chi connectivity index (χ3n) is 11.0. The largest absolute Gasteiger partial charge is 0.378 e. The summed E-state index contributed by atoms with van der Waals surface area (Å²) in [5.74, 6) is 0.378. The van der Waals surface area contributed by atoms with Crippen LogP contribution >= 0.6 is 11.3 Å². The van der Waals surface area contributed by atoms with Crippen LogP contribution in [0.3, 0.4) is 0 Å². The van der Waals surface area contributed by atoms with E-state index in [1.165, 1.54) is 38.2 Å². The van der Waals surface area contributed by atoms with Crippen molar-refractivity contribution in [2.45, 2.75) is 96.2 Å². The van der Waals surface area contributed by atoms with Gasteiger partial charge in [0.15, 0.2) is 0 Å². The Hall–Kier alpha value is -2.72. The lowest BCUT2D eigenvalue weighted by Crippen LogP contribution is -2.45. The molecular formula is C37H50N4O4S. The van der Waals surface area contributed by atoms with Gasteiger partial charge in [-0.2, -0.15) is 0 Å². The molecule has 0 spiro atoms. The number of aryl methyl sites for hydroxylation is 2. The summed E-state index contributed by atoms with van der Waals surface area (Å²) in [5.41, 5.74) is 5.78. The number of thiophene rings is 1. The Kier molecular flexibility index (Phi) is 9.04. The second-order valence-corrected chi connectivity index (χ2v) is 15.7. The van der Waals surface area contributed by atoms with E-state index in [-0.39, 0.29) is 18.6 Å². The fourth-order valence-corrected chi connectivity index (χ4v) is 9.48. The fourth-order valence-electron chi connectivity index (χ4n) is 8.30. The minimum absolute atomic E-state index is 0.0777. The van der Waals surface area contributed by atoms with E-state index >= 15 is 0 Å². The van der Waals surface area contributed by atoms with E-state index in [1.807, 2.05) is 4.90 Å². The van der Waals surface area contributed by atoms with Gasteiger partial charge in [-0.25, -0.2) is 0 Å². The molecule has 248 valence electrons. The summed E-state index contributed by atoms with van der Waals surface area (Å²) in [4.78, 5) is 39.3. The lowest BCUT2D eigenvalue weighted by Gasteiger charge is -2.32. The number of carbonyl (C=O) groups is 2. The number of benzene rings is 1. The Labute approximate surface area is 277 Å². The molecule has 1 aromatic carbocycles. The summed E-state index contributed by atoms with van der Waals surface area (Å²) in [6.45, 7) is 14.2. The molecule has 4 fully saturated rings. The summed E-state index contributed by atoms with van der Waals surface area (Å²) in [6.07, 6.45) is 7.61. The predicted molar refractivity (Wildman–Crippen MR) is 184 cm³/mol. The van der Waals surface area contributed by atoms with Crippen LogP contribution < -0.4 is 0 Å². The monoisotopic (exact) mass is 646 g/mol. The molecule has 4 aliphatic rings. The van der Waals surface area contributed by atoms with Crippen molar-refractivity contribution < 1.29 is 19.1 Å². The molecule has 3 aromatic rings. The Morgan fingerprint density at radius 1 is 0.935 bits per heavy atom. The van der Waals surface area contributed by atoms with E-state index in [0.29, 0.717) is 44.3 Å². The lowest BCUT2D eigenvalue weighted by atomic mass is 9.88. The van der Waals surface area contributed by atoms with E-state index in [4.69, 9.17) is 9.47 Å². The zero-order chi connectivity index (χ0) is 32.0. The molecule has 7 rings (SSSR count). The molecule has 6 heterocycles. The summed E-state index contributed by atoms with van der Waals surface area (Å²) in [5, 5.41) is 1.26. The van der Waals surface area contributed by atoms with Gasteiger partial charge in [-0.05, 0) is 102 Å². The molecule has 0 aliphatic carbocycles. The minimum Gasteiger partial charge on any atom is -0.378 e. The van der Waals surface area contributed by atoms with Crippen LogP contribution in [0.1, 0.15) is 73.9 Å². The highest BCUT2D eigenvalue weighted by Gasteiger charge is 2.47. The summed E-state index contributed by atoms with van der Waals surface area (Å²) in [6, 6.07) is 9.99. The molecule has 4 saturated heterocycles. The second-order valence-electron chi connectivity index (χ2n) is 14.6. The minimum atomic E-state index is -0.544. The number of amides is 2. The maximum atomic E-state index is 14.0. The molecule has 0 atom stereocenters. The SMILES string of the molecule is Cc1cc(C)cc(-c2[nH]c3sc(C(C)(C)C(=O)N4C5CCC4CC5)cc3c2CCN2CCC(OCC(=O)N3CCOCC3)CC2)c1. The third-order valence-corrected chi connectivity index (χ3v) is 12.3. The van der Waals surface area contributed by atoms with Crippen molar-refractivity contribution >= 4 is 33.4 Å². The van der Waals surface area contributed by atoms with Crippen LogP contribution in [0.4, 0.5) is 0 Å². The number of hydrogen-bond donors (Lipinski definition) is 1. The first kappa shape index (κ1) is 31.9. The van der Waals surface area contributed by atoms with E-state index in [9.17, 15) is 9.59 Å². The first-order chi connectivity index (χ1) is 22.2. The second kappa shape index (κ2) is 13.1.